The number of nitrogens with two attached hydrogens (primary N) is 1. The van der Waals surface area contributed by atoms with Crippen molar-refractivity contribution < 1.29 is 0 Å². The number of anilines is 1. The number of aryl methyl sites for hydroxylation is 2. The summed E-state index contributed by atoms with van der Waals surface area (Å²) < 4.78 is 0. The third-order valence-corrected chi connectivity index (χ3v) is 3.94. The molecule has 2 N–H and O–H groups in total. The van der Waals surface area contributed by atoms with Gasteiger partial charge in [-0.15, -0.1) is 11.8 Å². The molecule has 0 spiro atoms. The minimum Gasteiger partial charge on any atom is -0.398 e. The van der Waals surface area contributed by atoms with Crippen LogP contribution in [0.2, 0.25) is 0 Å². The third kappa shape index (κ3) is 3.04. The summed E-state index contributed by atoms with van der Waals surface area (Å²) in [5, 5.41) is 0. The zero-order valence-corrected chi connectivity index (χ0v) is 11.1. The van der Waals surface area contributed by atoms with Crippen LogP contribution >= 0.6 is 11.8 Å². The lowest BCUT2D eigenvalue weighted by Gasteiger charge is -2.08. The number of thioether (sulfide) groups is 1. The van der Waals surface area contributed by atoms with Crippen LogP contribution < -0.4 is 5.73 Å². The average molecular weight is 243 g/mol. The van der Waals surface area contributed by atoms with E-state index >= 15 is 0 Å². The Hall–Kier alpha value is -1.41. The van der Waals surface area contributed by atoms with Crippen LogP contribution in [-0.2, 0) is 5.75 Å². The summed E-state index contributed by atoms with van der Waals surface area (Å²) >= 11 is 1.80. The maximum absolute atomic E-state index is 5.93. The largest absolute Gasteiger partial charge is 0.398 e. The number of nitrogen functional groups attached to an aromatic ring is 1. The van der Waals surface area contributed by atoms with Crippen LogP contribution in [0.4, 0.5) is 5.69 Å². The summed E-state index contributed by atoms with van der Waals surface area (Å²) in [6, 6.07) is 14.6. The van der Waals surface area contributed by atoms with Gasteiger partial charge in [-0.2, -0.15) is 0 Å². The van der Waals surface area contributed by atoms with E-state index < -0.39 is 0 Å². The molecule has 2 aromatic rings. The summed E-state index contributed by atoms with van der Waals surface area (Å²) in [5.41, 5.74) is 10.8. The van der Waals surface area contributed by atoms with Gasteiger partial charge in [-0.3, -0.25) is 0 Å². The van der Waals surface area contributed by atoms with Gasteiger partial charge in [0.05, 0.1) is 0 Å². The molecule has 0 aromatic heterocycles. The van der Waals surface area contributed by atoms with Crippen molar-refractivity contribution in [2.75, 3.05) is 5.73 Å². The highest BCUT2D eigenvalue weighted by Crippen LogP contribution is 2.28. The van der Waals surface area contributed by atoms with Crippen molar-refractivity contribution >= 4 is 17.4 Å². The first-order valence-electron chi connectivity index (χ1n) is 5.70. The number of hydrogen-bond acceptors (Lipinski definition) is 2. The predicted molar refractivity (Wildman–Crippen MR) is 76.3 cm³/mol. The van der Waals surface area contributed by atoms with Gasteiger partial charge < -0.3 is 5.73 Å². The number of hydrogen-bond donors (Lipinski definition) is 1. The van der Waals surface area contributed by atoms with Crippen LogP contribution in [0.5, 0.6) is 0 Å². The van der Waals surface area contributed by atoms with E-state index in [1.807, 2.05) is 18.2 Å². The van der Waals surface area contributed by atoms with E-state index in [2.05, 4.69) is 38.1 Å². The predicted octanol–water partition coefficient (Wildman–Crippen LogP) is 4.18. The molecule has 0 atom stereocenters. The Balaban J connectivity index is 2.10. The van der Waals surface area contributed by atoms with E-state index in [-0.39, 0.29) is 0 Å². The van der Waals surface area contributed by atoms with E-state index in [0.717, 1.165) is 16.3 Å². The molecule has 0 aliphatic heterocycles. The van der Waals surface area contributed by atoms with E-state index in [9.17, 15) is 0 Å². The first-order chi connectivity index (χ1) is 8.16. The Labute approximate surface area is 107 Å². The van der Waals surface area contributed by atoms with Crippen molar-refractivity contribution in [3.8, 4) is 0 Å². The van der Waals surface area contributed by atoms with Gasteiger partial charge in [0.2, 0.25) is 0 Å². The van der Waals surface area contributed by atoms with Gasteiger partial charge in [0, 0.05) is 16.3 Å². The number of para-hydroxylation sites is 1. The van der Waals surface area contributed by atoms with Gasteiger partial charge in [-0.25, -0.2) is 0 Å². The van der Waals surface area contributed by atoms with Crippen molar-refractivity contribution in [2.45, 2.75) is 24.5 Å². The third-order valence-electron chi connectivity index (χ3n) is 2.80. The van der Waals surface area contributed by atoms with Crippen LogP contribution in [0.1, 0.15) is 16.7 Å². The van der Waals surface area contributed by atoms with Gasteiger partial charge in [-0.05, 0) is 37.1 Å². The normalized spacial score (nSPS) is 10.5. The van der Waals surface area contributed by atoms with Gasteiger partial charge in [0.1, 0.15) is 0 Å². The highest BCUT2D eigenvalue weighted by atomic mass is 32.2. The fourth-order valence-corrected chi connectivity index (χ4v) is 2.82. The van der Waals surface area contributed by atoms with Crippen LogP contribution in [0.15, 0.2) is 47.4 Å². The molecule has 2 aromatic carbocycles. The zero-order chi connectivity index (χ0) is 12.3. The van der Waals surface area contributed by atoms with E-state index in [0.29, 0.717) is 0 Å². The molecule has 0 fully saturated rings. The van der Waals surface area contributed by atoms with Gasteiger partial charge in [-0.1, -0.05) is 35.9 Å². The first-order valence-corrected chi connectivity index (χ1v) is 6.69. The lowest BCUT2D eigenvalue weighted by molar-refractivity contribution is 1.27. The van der Waals surface area contributed by atoms with Crippen LogP contribution in [0.3, 0.4) is 0 Å². The Bertz CT molecular complexity index is 520. The monoisotopic (exact) mass is 243 g/mol. The molecular weight excluding hydrogens is 226 g/mol. The SMILES string of the molecule is Cc1ccc(CSc2ccccc2N)c(C)c1. The molecule has 0 saturated heterocycles. The Morgan fingerprint density at radius 2 is 1.82 bits per heavy atom. The molecule has 0 aliphatic carbocycles. The molecule has 0 aliphatic rings. The van der Waals surface area contributed by atoms with Crippen molar-refractivity contribution in [3.05, 3.63) is 59.2 Å². The fourth-order valence-electron chi connectivity index (χ4n) is 1.78. The van der Waals surface area contributed by atoms with Gasteiger partial charge in [0.25, 0.3) is 0 Å². The number of rotatable bonds is 3. The molecule has 88 valence electrons. The zero-order valence-electron chi connectivity index (χ0n) is 10.2. The summed E-state index contributed by atoms with van der Waals surface area (Å²) in [4.78, 5) is 1.16. The minimum absolute atomic E-state index is 0.863. The van der Waals surface area contributed by atoms with Crippen LogP contribution in [0, 0.1) is 13.8 Å². The average Bonchev–Trinajstić information content (AvgIpc) is 2.30. The molecule has 17 heavy (non-hydrogen) atoms. The molecule has 0 unspecified atom stereocenters. The second-order valence-electron chi connectivity index (χ2n) is 4.26. The summed E-state index contributed by atoms with van der Waals surface area (Å²) in [6.45, 7) is 4.29. The molecule has 0 bridgehead atoms. The summed E-state index contributed by atoms with van der Waals surface area (Å²) in [6.07, 6.45) is 0. The second kappa shape index (κ2) is 5.28. The van der Waals surface area contributed by atoms with Gasteiger partial charge in [0.15, 0.2) is 0 Å². The van der Waals surface area contributed by atoms with E-state index in [4.69, 9.17) is 5.73 Å². The number of benzene rings is 2. The smallest absolute Gasteiger partial charge is 0.0452 e. The van der Waals surface area contributed by atoms with Crippen molar-refractivity contribution in [3.63, 3.8) is 0 Å². The minimum atomic E-state index is 0.863. The molecule has 0 heterocycles. The molecule has 0 radical (unpaired) electrons. The Morgan fingerprint density at radius 1 is 1.06 bits per heavy atom. The highest BCUT2D eigenvalue weighted by Gasteiger charge is 2.02. The molecule has 2 rings (SSSR count). The quantitative estimate of drug-likeness (QED) is 0.646. The maximum Gasteiger partial charge on any atom is 0.0452 e. The van der Waals surface area contributed by atoms with Crippen molar-refractivity contribution in [2.24, 2.45) is 0 Å². The van der Waals surface area contributed by atoms with E-state index in [1.54, 1.807) is 11.8 Å². The molecule has 0 saturated carbocycles. The first kappa shape index (κ1) is 12.1. The summed E-state index contributed by atoms with van der Waals surface area (Å²) in [5.74, 6) is 0.973. The molecular formula is C15H17NS. The van der Waals surface area contributed by atoms with E-state index in [1.165, 1.54) is 16.7 Å². The maximum atomic E-state index is 5.93. The van der Waals surface area contributed by atoms with Crippen molar-refractivity contribution in [1.82, 2.24) is 0 Å². The second-order valence-corrected chi connectivity index (χ2v) is 5.27. The van der Waals surface area contributed by atoms with Gasteiger partial charge >= 0.3 is 0 Å². The molecule has 1 nitrogen and oxygen atoms in total. The summed E-state index contributed by atoms with van der Waals surface area (Å²) in [7, 11) is 0. The lowest BCUT2D eigenvalue weighted by atomic mass is 10.1. The molecule has 2 heteroatoms. The van der Waals surface area contributed by atoms with Crippen LogP contribution in [0.25, 0.3) is 0 Å². The molecule has 0 amide bonds. The van der Waals surface area contributed by atoms with Crippen LogP contribution in [-0.4, -0.2) is 0 Å². The topological polar surface area (TPSA) is 26.0 Å². The fraction of sp³-hybridized carbons (Fsp3) is 0.200. The highest BCUT2D eigenvalue weighted by molar-refractivity contribution is 7.98. The Kier molecular flexibility index (Phi) is 3.75. The standard InChI is InChI=1S/C15H17NS/c1-11-7-8-13(12(2)9-11)10-17-15-6-4-3-5-14(15)16/h3-9H,10,16H2,1-2H3. The lowest BCUT2D eigenvalue weighted by Crippen LogP contribution is -1.90. The Morgan fingerprint density at radius 3 is 2.53 bits per heavy atom. The van der Waals surface area contributed by atoms with Crippen molar-refractivity contribution in [1.29, 1.82) is 0 Å².